The quantitative estimate of drug-likeness (QED) is 0.922. The van der Waals surface area contributed by atoms with Crippen molar-refractivity contribution in [3.8, 4) is 17.0 Å². The fraction of sp³-hybridized carbons (Fsp3) is 0.308. The summed E-state index contributed by atoms with van der Waals surface area (Å²) in [6.07, 6.45) is 1.57. The Bertz CT molecular complexity index is 596. The monoisotopic (exact) mass is 267 g/mol. The van der Waals surface area contributed by atoms with Gasteiger partial charge >= 0.3 is 0 Å². The average molecular weight is 267 g/mol. The number of aryl methyl sites for hydroxylation is 1. The van der Waals surface area contributed by atoms with Crippen molar-refractivity contribution in [2.75, 3.05) is 14.2 Å². The fourth-order valence-electron chi connectivity index (χ4n) is 1.92. The van der Waals surface area contributed by atoms with E-state index in [0.29, 0.717) is 12.2 Å². The maximum atomic E-state index is 14.0. The number of aromatic nitrogens is 2. The van der Waals surface area contributed by atoms with Crippen molar-refractivity contribution in [2.45, 2.75) is 6.54 Å². The van der Waals surface area contributed by atoms with Crippen LogP contribution in [0.25, 0.3) is 11.3 Å². The number of imidazole rings is 1. The zero-order valence-corrected chi connectivity index (χ0v) is 11.0. The second kappa shape index (κ2) is 5.36. The SMILES string of the molecule is CNCc1c(-c2cc(F)c(OC)cc2F)ncn1C. The van der Waals surface area contributed by atoms with Gasteiger partial charge in [0.1, 0.15) is 5.82 Å². The van der Waals surface area contributed by atoms with E-state index in [1.165, 1.54) is 7.11 Å². The zero-order valence-electron chi connectivity index (χ0n) is 11.0. The van der Waals surface area contributed by atoms with Gasteiger partial charge < -0.3 is 14.6 Å². The Morgan fingerprint density at radius 2 is 2.05 bits per heavy atom. The minimum atomic E-state index is -0.611. The predicted octanol–water partition coefficient (Wildman–Crippen LogP) is 2.09. The Labute approximate surface area is 110 Å². The van der Waals surface area contributed by atoms with Crippen LogP contribution in [0.3, 0.4) is 0 Å². The Morgan fingerprint density at radius 3 is 2.68 bits per heavy atom. The topological polar surface area (TPSA) is 39.1 Å². The van der Waals surface area contributed by atoms with Crippen molar-refractivity contribution >= 4 is 0 Å². The molecular weight excluding hydrogens is 252 g/mol. The van der Waals surface area contributed by atoms with Gasteiger partial charge in [0.2, 0.25) is 0 Å². The molecule has 0 saturated carbocycles. The van der Waals surface area contributed by atoms with E-state index < -0.39 is 11.6 Å². The van der Waals surface area contributed by atoms with Gasteiger partial charge in [-0.3, -0.25) is 0 Å². The molecule has 0 fully saturated rings. The van der Waals surface area contributed by atoms with Crippen LogP contribution in [0.1, 0.15) is 5.69 Å². The highest BCUT2D eigenvalue weighted by molar-refractivity contribution is 5.64. The molecule has 19 heavy (non-hydrogen) atoms. The van der Waals surface area contributed by atoms with E-state index in [1.54, 1.807) is 25.0 Å². The lowest BCUT2D eigenvalue weighted by molar-refractivity contribution is 0.383. The third-order valence-electron chi connectivity index (χ3n) is 2.90. The highest BCUT2D eigenvalue weighted by Gasteiger charge is 2.17. The molecule has 1 heterocycles. The van der Waals surface area contributed by atoms with E-state index in [2.05, 4.69) is 10.3 Å². The molecule has 1 aromatic carbocycles. The summed E-state index contributed by atoms with van der Waals surface area (Å²) in [6.45, 7) is 0.513. The molecule has 102 valence electrons. The third-order valence-corrected chi connectivity index (χ3v) is 2.90. The van der Waals surface area contributed by atoms with Crippen molar-refractivity contribution < 1.29 is 13.5 Å². The molecule has 0 atom stereocenters. The summed E-state index contributed by atoms with van der Waals surface area (Å²) >= 11 is 0. The third kappa shape index (κ3) is 2.44. The lowest BCUT2D eigenvalue weighted by atomic mass is 10.1. The molecule has 0 aliphatic heterocycles. The van der Waals surface area contributed by atoms with E-state index in [0.717, 1.165) is 17.8 Å². The van der Waals surface area contributed by atoms with Gasteiger partial charge in [0.05, 0.1) is 24.8 Å². The summed E-state index contributed by atoms with van der Waals surface area (Å²) in [5.74, 6) is -1.29. The molecule has 2 aromatic rings. The molecule has 1 N–H and O–H groups in total. The number of methoxy groups -OCH3 is 1. The molecule has 1 aromatic heterocycles. The Hall–Kier alpha value is -1.95. The molecule has 0 aliphatic carbocycles. The smallest absolute Gasteiger partial charge is 0.165 e. The highest BCUT2D eigenvalue weighted by Crippen LogP contribution is 2.29. The van der Waals surface area contributed by atoms with Crippen LogP contribution >= 0.6 is 0 Å². The van der Waals surface area contributed by atoms with Crippen molar-refractivity contribution in [1.82, 2.24) is 14.9 Å². The average Bonchev–Trinajstić information content (AvgIpc) is 2.74. The van der Waals surface area contributed by atoms with Gasteiger partial charge in [-0.05, 0) is 13.1 Å². The Balaban J connectivity index is 2.56. The van der Waals surface area contributed by atoms with Gasteiger partial charge in [0, 0.05) is 25.2 Å². The first-order valence-electron chi connectivity index (χ1n) is 5.76. The number of nitrogens with zero attached hydrogens (tertiary/aromatic N) is 2. The second-order valence-electron chi connectivity index (χ2n) is 4.15. The van der Waals surface area contributed by atoms with Crippen LogP contribution in [0, 0.1) is 11.6 Å². The molecule has 0 radical (unpaired) electrons. The van der Waals surface area contributed by atoms with Gasteiger partial charge in [0.15, 0.2) is 11.6 Å². The van der Waals surface area contributed by atoms with Crippen molar-refractivity contribution in [3.05, 3.63) is 35.8 Å². The number of hydrogen-bond donors (Lipinski definition) is 1. The summed E-state index contributed by atoms with van der Waals surface area (Å²) in [6, 6.07) is 2.14. The summed E-state index contributed by atoms with van der Waals surface area (Å²) in [4.78, 5) is 4.14. The molecule has 0 unspecified atom stereocenters. The van der Waals surface area contributed by atoms with Gasteiger partial charge in [0.25, 0.3) is 0 Å². The van der Waals surface area contributed by atoms with Crippen LogP contribution in [-0.4, -0.2) is 23.7 Å². The molecule has 0 saturated heterocycles. The van der Waals surface area contributed by atoms with Gasteiger partial charge in [-0.15, -0.1) is 0 Å². The molecule has 6 heteroatoms. The van der Waals surface area contributed by atoms with Crippen LogP contribution in [-0.2, 0) is 13.6 Å². The lowest BCUT2D eigenvalue weighted by Gasteiger charge is -2.08. The fourth-order valence-corrected chi connectivity index (χ4v) is 1.92. The number of ether oxygens (including phenoxy) is 1. The second-order valence-corrected chi connectivity index (χ2v) is 4.15. The van der Waals surface area contributed by atoms with E-state index >= 15 is 0 Å². The maximum absolute atomic E-state index is 14.0. The van der Waals surface area contributed by atoms with Crippen LogP contribution < -0.4 is 10.1 Å². The normalized spacial score (nSPS) is 10.8. The standard InChI is InChI=1S/C13H15F2N3O/c1-16-6-11-13(17-7-18(11)2)8-4-10(15)12(19-3)5-9(8)14/h4-5,7,16H,6H2,1-3H3. The summed E-state index contributed by atoms with van der Waals surface area (Å²) in [5.41, 5.74) is 1.34. The summed E-state index contributed by atoms with van der Waals surface area (Å²) in [5, 5.41) is 2.98. The van der Waals surface area contributed by atoms with E-state index in [-0.39, 0.29) is 11.3 Å². The first-order valence-corrected chi connectivity index (χ1v) is 5.76. The molecule has 4 nitrogen and oxygen atoms in total. The molecule has 0 spiro atoms. The number of benzene rings is 1. The van der Waals surface area contributed by atoms with E-state index in [1.807, 2.05) is 0 Å². The Kier molecular flexibility index (Phi) is 3.80. The molecule has 0 bridgehead atoms. The van der Waals surface area contributed by atoms with E-state index in [9.17, 15) is 8.78 Å². The number of rotatable bonds is 4. The molecule has 0 amide bonds. The molecular formula is C13H15F2N3O. The molecule has 0 aliphatic rings. The number of nitrogens with one attached hydrogen (secondary N) is 1. The number of halogens is 2. The van der Waals surface area contributed by atoms with Crippen LogP contribution in [0.4, 0.5) is 8.78 Å². The van der Waals surface area contributed by atoms with Gasteiger partial charge in [-0.1, -0.05) is 0 Å². The Morgan fingerprint density at radius 1 is 1.32 bits per heavy atom. The van der Waals surface area contributed by atoms with Crippen LogP contribution in [0.15, 0.2) is 18.5 Å². The van der Waals surface area contributed by atoms with Crippen LogP contribution in [0.2, 0.25) is 0 Å². The largest absolute Gasteiger partial charge is 0.494 e. The minimum Gasteiger partial charge on any atom is -0.494 e. The van der Waals surface area contributed by atoms with Gasteiger partial charge in [-0.25, -0.2) is 13.8 Å². The first-order chi connectivity index (χ1) is 9.08. The minimum absolute atomic E-state index is 0.118. The maximum Gasteiger partial charge on any atom is 0.165 e. The first kappa shape index (κ1) is 13.5. The highest BCUT2D eigenvalue weighted by atomic mass is 19.1. The van der Waals surface area contributed by atoms with Crippen LogP contribution in [0.5, 0.6) is 5.75 Å². The van der Waals surface area contributed by atoms with Crippen molar-refractivity contribution in [1.29, 1.82) is 0 Å². The number of hydrogen-bond acceptors (Lipinski definition) is 3. The van der Waals surface area contributed by atoms with Crippen molar-refractivity contribution in [3.63, 3.8) is 0 Å². The summed E-state index contributed by atoms with van der Waals surface area (Å²) in [7, 11) is 4.88. The van der Waals surface area contributed by atoms with Crippen molar-refractivity contribution in [2.24, 2.45) is 7.05 Å². The molecule has 2 rings (SSSR count). The predicted molar refractivity (Wildman–Crippen MR) is 67.9 cm³/mol. The van der Waals surface area contributed by atoms with Gasteiger partial charge in [-0.2, -0.15) is 0 Å². The lowest BCUT2D eigenvalue weighted by Crippen LogP contribution is -2.10. The van der Waals surface area contributed by atoms with E-state index in [4.69, 9.17) is 4.74 Å². The summed E-state index contributed by atoms with van der Waals surface area (Å²) < 4.78 is 34.2. The zero-order chi connectivity index (χ0) is 14.0.